The van der Waals surface area contributed by atoms with Crippen molar-refractivity contribution in [2.24, 2.45) is 17.6 Å². The number of rotatable bonds is 5. The van der Waals surface area contributed by atoms with E-state index in [1.807, 2.05) is 0 Å². The molecule has 0 radical (unpaired) electrons. The summed E-state index contributed by atoms with van der Waals surface area (Å²) in [6, 6.07) is 7.71. The second kappa shape index (κ2) is 10.4. The molecule has 3 aliphatic rings. The first-order valence-corrected chi connectivity index (χ1v) is 13.4. The second-order valence-corrected chi connectivity index (χ2v) is 11.2. The van der Waals surface area contributed by atoms with Gasteiger partial charge in [-0.2, -0.15) is 0 Å². The molecule has 3 aliphatic carbocycles. The van der Waals surface area contributed by atoms with Gasteiger partial charge in [0.25, 0.3) is 5.91 Å². The number of nitrogens with two attached hydrogens (primary N) is 1. The number of ether oxygens (including phenoxy) is 1. The SMILES string of the molecule is CN(C)c1cc(CNC(=O)Oc2ccc(Cl)cc2)c(O)c2c1C[C@H]1C[C@H]3CC(O)=C(C(N)=O)C(=O)[C@@]3(O)C(O)=C1C2=O. The Hall–Kier alpha value is -4.55. The largest absolute Gasteiger partial charge is 0.511 e. The number of halogens is 1. The molecule has 12 nitrogen and oxygen atoms in total. The van der Waals surface area contributed by atoms with Gasteiger partial charge in [0.2, 0.25) is 5.78 Å². The van der Waals surface area contributed by atoms with Crippen LogP contribution in [0.1, 0.15) is 34.3 Å². The van der Waals surface area contributed by atoms with E-state index in [9.17, 15) is 39.6 Å². The Balaban J connectivity index is 1.52. The lowest BCUT2D eigenvalue weighted by Crippen LogP contribution is -2.57. The van der Waals surface area contributed by atoms with Crippen molar-refractivity contribution in [3.05, 3.63) is 74.7 Å². The van der Waals surface area contributed by atoms with Crippen LogP contribution in [0.25, 0.3) is 0 Å². The van der Waals surface area contributed by atoms with Crippen LogP contribution in [-0.2, 0) is 22.6 Å². The van der Waals surface area contributed by atoms with Gasteiger partial charge in [-0.3, -0.25) is 14.4 Å². The molecule has 0 fully saturated rings. The number of aliphatic hydroxyl groups excluding tert-OH is 2. The van der Waals surface area contributed by atoms with Crippen LogP contribution >= 0.6 is 11.6 Å². The second-order valence-electron chi connectivity index (χ2n) is 10.8. The van der Waals surface area contributed by atoms with Crippen LogP contribution in [-0.4, -0.2) is 63.7 Å². The van der Waals surface area contributed by atoms with Gasteiger partial charge in [-0.1, -0.05) is 11.6 Å². The summed E-state index contributed by atoms with van der Waals surface area (Å²) >= 11 is 5.85. The molecule has 2 amide bonds. The van der Waals surface area contributed by atoms with Gasteiger partial charge in [-0.25, -0.2) is 4.79 Å². The Morgan fingerprint density at radius 1 is 1.14 bits per heavy atom. The summed E-state index contributed by atoms with van der Waals surface area (Å²) in [6.45, 7) is -0.231. The molecule has 3 atom stereocenters. The Labute approximate surface area is 244 Å². The highest BCUT2D eigenvalue weighted by Gasteiger charge is 2.59. The first-order valence-electron chi connectivity index (χ1n) is 13.0. The fraction of sp³-hybridized carbons (Fsp3) is 0.310. The third-order valence-electron chi connectivity index (χ3n) is 8.05. The van der Waals surface area contributed by atoms with Gasteiger partial charge in [0.05, 0.1) is 5.56 Å². The number of nitrogens with one attached hydrogen (secondary N) is 1. The summed E-state index contributed by atoms with van der Waals surface area (Å²) in [5, 5.41) is 47.2. The first-order chi connectivity index (χ1) is 19.7. The van der Waals surface area contributed by atoms with Gasteiger partial charge in [0, 0.05) is 54.8 Å². The number of amides is 2. The number of allylic oxidation sites excluding steroid dienone is 2. The van der Waals surface area contributed by atoms with Crippen LogP contribution in [0.3, 0.4) is 0 Å². The van der Waals surface area contributed by atoms with Crippen LogP contribution in [0.2, 0.25) is 5.02 Å². The Morgan fingerprint density at radius 2 is 1.81 bits per heavy atom. The summed E-state index contributed by atoms with van der Waals surface area (Å²) in [7, 11) is 3.47. The highest BCUT2D eigenvalue weighted by molar-refractivity contribution is 6.30. The molecule has 5 rings (SSSR count). The maximum Gasteiger partial charge on any atom is 0.412 e. The number of nitrogens with zero attached hydrogens (tertiary/aromatic N) is 1. The maximum atomic E-state index is 13.9. The number of phenols is 1. The molecule has 0 spiro atoms. The van der Waals surface area contributed by atoms with Gasteiger partial charge in [0.15, 0.2) is 11.4 Å². The molecule has 2 aromatic rings. The molecule has 2 aromatic carbocycles. The van der Waals surface area contributed by atoms with E-state index in [4.69, 9.17) is 22.1 Å². The average molecular weight is 598 g/mol. The molecular weight excluding hydrogens is 570 g/mol. The number of anilines is 1. The molecule has 0 bridgehead atoms. The lowest BCUT2D eigenvalue weighted by Gasteiger charge is -2.46. The zero-order valence-corrected chi connectivity index (χ0v) is 23.4. The summed E-state index contributed by atoms with van der Waals surface area (Å²) in [5.41, 5.74) is 2.54. The van der Waals surface area contributed by atoms with Crippen molar-refractivity contribution in [3.63, 3.8) is 0 Å². The van der Waals surface area contributed by atoms with E-state index in [0.717, 1.165) is 0 Å². The van der Waals surface area contributed by atoms with Gasteiger partial charge in [0.1, 0.15) is 28.6 Å². The lowest BCUT2D eigenvalue weighted by atomic mass is 9.60. The zero-order valence-electron chi connectivity index (χ0n) is 22.6. The van der Waals surface area contributed by atoms with Gasteiger partial charge in [-0.05, 0) is 54.7 Å². The minimum Gasteiger partial charge on any atom is -0.511 e. The fourth-order valence-electron chi connectivity index (χ4n) is 6.07. The Kier molecular flexibility index (Phi) is 7.15. The minimum atomic E-state index is -2.65. The van der Waals surface area contributed by atoms with Crippen molar-refractivity contribution in [2.45, 2.75) is 31.4 Å². The number of ketones is 2. The van der Waals surface area contributed by atoms with Crippen molar-refractivity contribution >= 4 is 40.9 Å². The molecule has 220 valence electrons. The predicted octanol–water partition coefficient (Wildman–Crippen LogP) is 2.59. The maximum absolute atomic E-state index is 13.9. The highest BCUT2D eigenvalue weighted by Crippen LogP contribution is 2.52. The molecule has 0 unspecified atom stereocenters. The molecule has 7 N–H and O–H groups in total. The monoisotopic (exact) mass is 597 g/mol. The van der Waals surface area contributed by atoms with E-state index in [2.05, 4.69) is 5.32 Å². The standard InChI is InChI=1S/C29H28ClN3O9/c1-33(2)18-9-13(11-32-28(40)42-16-5-3-15(30)4-6-16)23(35)21-17(18)8-12-7-14-10-19(34)22(27(31)39)26(38)29(14,41)25(37)20(12)24(21)36/h3-6,9,12,14,34-35,37,41H,7-8,10-11H2,1-2H3,(H2,31,39)(H,32,40)/t12-,14+,29+/m1/s1. The third kappa shape index (κ3) is 4.52. The van der Waals surface area contributed by atoms with Crippen molar-refractivity contribution in [1.82, 2.24) is 5.32 Å². The van der Waals surface area contributed by atoms with Gasteiger partial charge in [-0.15, -0.1) is 0 Å². The number of aliphatic hydroxyl groups is 3. The van der Waals surface area contributed by atoms with Gasteiger partial charge < -0.3 is 41.1 Å². The van der Waals surface area contributed by atoms with Crippen molar-refractivity contribution in [3.8, 4) is 11.5 Å². The minimum absolute atomic E-state index is 0.0242. The summed E-state index contributed by atoms with van der Waals surface area (Å²) < 4.78 is 5.21. The van der Waals surface area contributed by atoms with Crippen LogP contribution in [0.4, 0.5) is 10.5 Å². The molecule has 0 saturated heterocycles. The number of carbonyl (C=O) groups excluding carboxylic acids is 4. The first kappa shape index (κ1) is 29.0. The molecule has 0 saturated carbocycles. The number of aromatic hydroxyl groups is 1. The summed E-state index contributed by atoms with van der Waals surface area (Å²) in [6.07, 6.45) is -0.957. The topological polar surface area (TPSA) is 200 Å². The predicted molar refractivity (Wildman–Crippen MR) is 149 cm³/mol. The van der Waals surface area contributed by atoms with E-state index in [1.165, 1.54) is 12.1 Å². The lowest BCUT2D eigenvalue weighted by molar-refractivity contribution is -0.144. The number of benzene rings is 2. The van der Waals surface area contributed by atoms with E-state index >= 15 is 0 Å². The third-order valence-corrected chi connectivity index (χ3v) is 8.30. The molecule has 0 aliphatic heterocycles. The van der Waals surface area contributed by atoms with E-state index in [-0.39, 0.29) is 48.3 Å². The van der Waals surface area contributed by atoms with Crippen molar-refractivity contribution in [1.29, 1.82) is 0 Å². The van der Waals surface area contributed by atoms with Gasteiger partial charge >= 0.3 is 6.09 Å². The molecule has 13 heteroatoms. The van der Waals surface area contributed by atoms with E-state index in [0.29, 0.717) is 16.3 Å². The zero-order chi connectivity index (χ0) is 30.7. The van der Waals surface area contributed by atoms with Crippen LogP contribution in [0.5, 0.6) is 11.5 Å². The van der Waals surface area contributed by atoms with Crippen molar-refractivity contribution in [2.75, 3.05) is 19.0 Å². The Bertz CT molecular complexity index is 1610. The average Bonchev–Trinajstić information content (AvgIpc) is 2.91. The smallest absolute Gasteiger partial charge is 0.412 e. The van der Waals surface area contributed by atoms with Crippen molar-refractivity contribution < 1.29 is 44.3 Å². The summed E-state index contributed by atoms with van der Waals surface area (Å²) in [5.74, 6) is -6.81. The number of hydrogen-bond donors (Lipinski definition) is 6. The highest BCUT2D eigenvalue weighted by atomic mass is 35.5. The fourth-order valence-corrected chi connectivity index (χ4v) is 6.19. The van der Waals surface area contributed by atoms with E-state index < -0.39 is 63.8 Å². The molecule has 42 heavy (non-hydrogen) atoms. The molecule has 0 heterocycles. The number of Topliss-reactive ketones (excluding diaryl/α,β-unsaturated/α-hetero) is 2. The molecule has 0 aromatic heterocycles. The number of fused-ring (bicyclic) bond motifs is 3. The quantitative estimate of drug-likeness (QED) is 0.278. The van der Waals surface area contributed by atoms with E-state index in [1.54, 1.807) is 37.2 Å². The number of primary amides is 1. The van der Waals surface area contributed by atoms with Crippen LogP contribution < -0.4 is 20.7 Å². The number of carbonyl (C=O) groups is 4. The van der Waals surface area contributed by atoms with Crippen LogP contribution in [0, 0.1) is 11.8 Å². The summed E-state index contributed by atoms with van der Waals surface area (Å²) in [4.78, 5) is 53.0. The number of phenolic OH excluding ortho intramolecular Hbond substituents is 1. The Morgan fingerprint density at radius 3 is 2.43 bits per heavy atom. The molecular formula is C29H28ClN3O9. The normalized spacial score (nSPS) is 23.1. The van der Waals surface area contributed by atoms with Crippen LogP contribution in [0.15, 0.2) is 53.0 Å². The number of hydrogen-bond acceptors (Lipinski definition) is 10.